The lowest BCUT2D eigenvalue weighted by Crippen LogP contribution is -2.13. The van der Waals surface area contributed by atoms with Crippen LogP contribution in [0.15, 0.2) is 41.5 Å². The molecule has 0 amide bonds. The van der Waals surface area contributed by atoms with Crippen LogP contribution in [0.4, 0.5) is 5.69 Å². The first-order valence-electron chi connectivity index (χ1n) is 5.26. The zero-order chi connectivity index (χ0) is 13.4. The van der Waals surface area contributed by atoms with Gasteiger partial charge in [0, 0.05) is 6.20 Å². The Balaban J connectivity index is 2.19. The Hall–Kier alpha value is -2.29. The molecule has 0 aliphatic rings. The van der Waals surface area contributed by atoms with Gasteiger partial charge < -0.3 is 10.4 Å². The van der Waals surface area contributed by atoms with Gasteiger partial charge in [-0.25, -0.2) is 14.5 Å². The maximum absolute atomic E-state index is 11.9. The van der Waals surface area contributed by atoms with Crippen molar-refractivity contribution in [1.82, 2.24) is 14.5 Å². The largest absolute Gasteiger partial charge is 0.733 e. The second-order valence-corrected chi connectivity index (χ2v) is 4.62. The molecule has 0 aliphatic carbocycles. The summed E-state index contributed by atoms with van der Waals surface area (Å²) in [5, 5.41) is 19.1. The van der Waals surface area contributed by atoms with Crippen molar-refractivity contribution in [2.24, 2.45) is 0 Å². The predicted molar refractivity (Wildman–Crippen MR) is 70.6 cm³/mol. The van der Waals surface area contributed by atoms with Crippen LogP contribution in [0.5, 0.6) is 0 Å². The lowest BCUT2D eigenvalue weighted by atomic mass is 10.4. The highest BCUT2D eigenvalue weighted by Crippen LogP contribution is 2.18. The third-order valence-corrected chi connectivity index (χ3v) is 3.41. The van der Waals surface area contributed by atoms with Gasteiger partial charge in [-0.05, 0) is 24.3 Å². The van der Waals surface area contributed by atoms with Crippen molar-refractivity contribution in [1.29, 1.82) is 0 Å². The van der Waals surface area contributed by atoms with Gasteiger partial charge in [0.15, 0.2) is 0 Å². The average molecular weight is 275 g/mol. The van der Waals surface area contributed by atoms with Crippen LogP contribution in [0.1, 0.15) is 0 Å². The SMILES string of the molecule is O=c1sc2ncccc2n1-c1ccc(N([O-])O)cn1. The van der Waals surface area contributed by atoms with E-state index in [0.717, 1.165) is 11.3 Å². The Morgan fingerprint density at radius 3 is 2.84 bits per heavy atom. The lowest BCUT2D eigenvalue weighted by molar-refractivity contribution is 0.296. The van der Waals surface area contributed by atoms with Crippen LogP contribution in [-0.2, 0) is 0 Å². The molecule has 0 spiro atoms. The van der Waals surface area contributed by atoms with E-state index >= 15 is 0 Å². The van der Waals surface area contributed by atoms with Gasteiger partial charge >= 0.3 is 4.87 Å². The van der Waals surface area contributed by atoms with Crippen molar-refractivity contribution in [2.75, 3.05) is 5.23 Å². The molecule has 3 heterocycles. The molecule has 96 valence electrons. The summed E-state index contributed by atoms with van der Waals surface area (Å²) in [6.07, 6.45) is 2.80. The molecule has 0 bridgehead atoms. The topological polar surface area (TPSA) is 94.3 Å². The first-order valence-corrected chi connectivity index (χ1v) is 6.07. The summed E-state index contributed by atoms with van der Waals surface area (Å²) in [7, 11) is 0. The van der Waals surface area contributed by atoms with E-state index in [-0.39, 0.29) is 15.8 Å². The molecule has 0 unspecified atom stereocenters. The van der Waals surface area contributed by atoms with Crippen molar-refractivity contribution >= 4 is 27.4 Å². The Morgan fingerprint density at radius 2 is 2.16 bits per heavy atom. The number of rotatable bonds is 2. The van der Waals surface area contributed by atoms with Crippen LogP contribution in [0.3, 0.4) is 0 Å². The molecule has 19 heavy (non-hydrogen) atoms. The molecule has 0 aromatic carbocycles. The van der Waals surface area contributed by atoms with Crippen molar-refractivity contribution in [3.63, 3.8) is 0 Å². The van der Waals surface area contributed by atoms with Gasteiger partial charge in [0.25, 0.3) is 0 Å². The van der Waals surface area contributed by atoms with E-state index in [4.69, 9.17) is 5.21 Å². The predicted octanol–water partition coefficient (Wildman–Crippen LogP) is 1.54. The standard InChI is InChI=1S/C11H7N4O3S/c16-11-14(8-2-1-5-12-10(8)19-11)9-4-3-7(6-13-9)15(17)18/h1-6,17H/q-1. The van der Waals surface area contributed by atoms with E-state index in [1.54, 1.807) is 18.3 Å². The summed E-state index contributed by atoms with van der Waals surface area (Å²) in [5.74, 6) is 0.370. The molecule has 3 aromatic heterocycles. The van der Waals surface area contributed by atoms with Gasteiger partial charge in [-0.2, -0.15) is 0 Å². The molecule has 0 aliphatic heterocycles. The monoisotopic (exact) mass is 275 g/mol. The molecule has 8 heteroatoms. The highest BCUT2D eigenvalue weighted by atomic mass is 32.1. The fourth-order valence-corrected chi connectivity index (χ4v) is 2.52. The molecule has 0 fully saturated rings. The maximum Gasteiger partial charge on any atom is 0.315 e. The van der Waals surface area contributed by atoms with Crippen molar-refractivity contribution in [2.45, 2.75) is 0 Å². The summed E-state index contributed by atoms with van der Waals surface area (Å²) in [5.41, 5.74) is 0.648. The molecule has 3 aromatic rings. The number of thiazole rings is 1. The normalized spacial score (nSPS) is 10.8. The molecule has 3 rings (SSSR count). The number of anilines is 1. The summed E-state index contributed by atoms with van der Waals surface area (Å²) in [4.78, 5) is 20.4. The number of pyridine rings is 2. The number of nitrogens with zero attached hydrogens (tertiary/aromatic N) is 4. The molecule has 7 nitrogen and oxygen atoms in total. The van der Waals surface area contributed by atoms with E-state index in [1.807, 2.05) is 0 Å². The zero-order valence-corrected chi connectivity index (χ0v) is 10.2. The molecule has 1 N–H and O–H groups in total. The van der Waals surface area contributed by atoms with E-state index < -0.39 is 0 Å². The second-order valence-electron chi connectivity index (χ2n) is 3.68. The van der Waals surface area contributed by atoms with Gasteiger partial charge in [-0.15, -0.1) is 0 Å². The van der Waals surface area contributed by atoms with E-state index in [2.05, 4.69) is 9.97 Å². The Kier molecular flexibility index (Phi) is 2.75. The highest BCUT2D eigenvalue weighted by molar-refractivity contribution is 7.16. The minimum absolute atomic E-state index is 0.00513. The number of hydrogen-bond donors (Lipinski definition) is 1. The minimum Gasteiger partial charge on any atom is -0.733 e. The van der Waals surface area contributed by atoms with Crippen LogP contribution in [-0.4, -0.2) is 19.7 Å². The Labute approximate surface area is 110 Å². The second kappa shape index (κ2) is 4.43. The fraction of sp³-hybridized carbons (Fsp3) is 0. The summed E-state index contributed by atoms with van der Waals surface area (Å²) < 4.78 is 1.41. The van der Waals surface area contributed by atoms with Crippen LogP contribution in [0.25, 0.3) is 16.2 Å². The third-order valence-electron chi connectivity index (χ3n) is 2.54. The molecule has 0 radical (unpaired) electrons. The van der Waals surface area contributed by atoms with Gasteiger partial charge in [0.05, 0.1) is 17.4 Å². The Morgan fingerprint density at radius 1 is 1.32 bits per heavy atom. The quantitative estimate of drug-likeness (QED) is 0.713. The third kappa shape index (κ3) is 1.97. The fourth-order valence-electron chi connectivity index (χ4n) is 1.70. The lowest BCUT2D eigenvalue weighted by Gasteiger charge is -2.20. The van der Waals surface area contributed by atoms with Crippen LogP contribution in [0, 0.1) is 5.21 Å². The van der Waals surface area contributed by atoms with Crippen LogP contribution >= 0.6 is 11.3 Å². The Bertz CT molecular complexity index is 778. The van der Waals surface area contributed by atoms with E-state index in [0.29, 0.717) is 16.2 Å². The van der Waals surface area contributed by atoms with Crippen molar-refractivity contribution in [3.8, 4) is 5.82 Å². The summed E-state index contributed by atoms with van der Waals surface area (Å²) in [6, 6.07) is 6.35. The summed E-state index contributed by atoms with van der Waals surface area (Å²) >= 11 is 1.02. The van der Waals surface area contributed by atoms with Crippen LogP contribution in [0.2, 0.25) is 0 Å². The minimum atomic E-state index is -0.285. The molecule has 0 saturated carbocycles. The first kappa shape index (κ1) is 11.8. The van der Waals surface area contributed by atoms with Gasteiger partial charge in [0.2, 0.25) is 0 Å². The highest BCUT2D eigenvalue weighted by Gasteiger charge is 2.10. The first-order chi connectivity index (χ1) is 9.16. The molecular formula is C11H7N4O3S-. The number of aromatic nitrogens is 3. The average Bonchev–Trinajstić information content (AvgIpc) is 2.74. The smallest absolute Gasteiger partial charge is 0.315 e. The maximum atomic E-state index is 11.9. The van der Waals surface area contributed by atoms with E-state index in [1.165, 1.54) is 22.9 Å². The van der Waals surface area contributed by atoms with Gasteiger partial charge in [-0.3, -0.25) is 10.0 Å². The van der Waals surface area contributed by atoms with Crippen molar-refractivity contribution < 1.29 is 5.21 Å². The summed E-state index contributed by atoms with van der Waals surface area (Å²) in [6.45, 7) is 0. The number of hydrogen-bond acceptors (Lipinski definition) is 7. The van der Waals surface area contributed by atoms with Gasteiger partial charge in [-0.1, -0.05) is 11.3 Å². The molecule has 0 saturated heterocycles. The van der Waals surface area contributed by atoms with E-state index in [9.17, 15) is 10.0 Å². The van der Waals surface area contributed by atoms with Gasteiger partial charge in [0.1, 0.15) is 10.6 Å². The van der Waals surface area contributed by atoms with Crippen molar-refractivity contribution in [3.05, 3.63) is 51.5 Å². The molecule has 0 atom stereocenters. The molecular weight excluding hydrogens is 268 g/mol. The number of fused-ring (bicyclic) bond motifs is 1. The zero-order valence-electron chi connectivity index (χ0n) is 9.42. The van der Waals surface area contributed by atoms with Crippen LogP contribution < -0.4 is 10.1 Å².